The number of carbonyl (C=O) groups excluding carboxylic acids is 1. The summed E-state index contributed by atoms with van der Waals surface area (Å²) in [5.41, 5.74) is 6.14. The summed E-state index contributed by atoms with van der Waals surface area (Å²) in [7, 11) is 0. The highest BCUT2D eigenvalue weighted by Crippen LogP contribution is 2.33. The summed E-state index contributed by atoms with van der Waals surface area (Å²) in [6.07, 6.45) is 1.83. The highest BCUT2D eigenvalue weighted by atomic mass is 79.9. The van der Waals surface area contributed by atoms with Crippen LogP contribution in [0.25, 0.3) is 11.8 Å². The van der Waals surface area contributed by atoms with E-state index in [0.29, 0.717) is 15.8 Å². The van der Waals surface area contributed by atoms with Gasteiger partial charge in [-0.05, 0) is 92.6 Å². The molecule has 0 saturated carbocycles. The largest absolute Gasteiger partial charge is 0.318 e. The van der Waals surface area contributed by atoms with E-state index >= 15 is 0 Å². The number of hydrogen-bond acceptors (Lipinski definition) is 5. The Morgan fingerprint density at radius 2 is 1.82 bits per heavy atom. The van der Waals surface area contributed by atoms with E-state index in [0.717, 1.165) is 38.2 Å². The second kappa shape index (κ2) is 9.40. The number of aromatic nitrogens is 1. The van der Waals surface area contributed by atoms with Gasteiger partial charge in [0.05, 0.1) is 15.5 Å². The molecule has 1 saturated heterocycles. The molecular weight excluding hydrogens is 540 g/mol. The van der Waals surface area contributed by atoms with Gasteiger partial charge in [0.15, 0.2) is 5.17 Å². The molecular formula is C24H20BrClN4O3S. The van der Waals surface area contributed by atoms with Crippen LogP contribution in [0, 0.1) is 37.8 Å². The number of amidine groups is 1. The van der Waals surface area contributed by atoms with Gasteiger partial charge in [-0.1, -0.05) is 27.5 Å². The second-order valence-corrected chi connectivity index (χ2v) is 10.2. The van der Waals surface area contributed by atoms with Crippen LogP contribution in [0.5, 0.6) is 0 Å². The van der Waals surface area contributed by atoms with Crippen LogP contribution in [0.1, 0.15) is 28.1 Å². The van der Waals surface area contributed by atoms with Crippen molar-refractivity contribution in [1.29, 1.82) is 0 Å². The molecule has 0 bridgehead atoms. The van der Waals surface area contributed by atoms with Gasteiger partial charge in [0.2, 0.25) is 0 Å². The third kappa shape index (κ3) is 4.68. The SMILES string of the molecule is Cc1cc(N=C2NC(=O)/C(=C/c3cc(C)n(-c4ccc([N+](=O)[O-])c(Cl)c4)c3C)S2)cc(C)c1Br. The first kappa shape index (κ1) is 24.3. The van der Waals surface area contributed by atoms with Crippen LogP contribution in [0.4, 0.5) is 11.4 Å². The quantitative estimate of drug-likeness (QED) is 0.213. The number of nitro benzene ring substituents is 1. The molecule has 1 aliphatic rings. The zero-order valence-electron chi connectivity index (χ0n) is 18.8. The number of aryl methyl sites for hydroxylation is 3. The topological polar surface area (TPSA) is 89.5 Å². The number of hydrogen-bond donors (Lipinski definition) is 1. The number of rotatable bonds is 4. The number of halogens is 2. The lowest BCUT2D eigenvalue weighted by molar-refractivity contribution is -0.384. The molecule has 1 fully saturated rings. The Labute approximate surface area is 214 Å². The van der Waals surface area contributed by atoms with Crippen molar-refractivity contribution >= 4 is 67.8 Å². The van der Waals surface area contributed by atoms with Gasteiger partial charge in [0.1, 0.15) is 5.02 Å². The number of thioether (sulfide) groups is 1. The maximum absolute atomic E-state index is 12.6. The number of benzene rings is 2. The number of amides is 1. The van der Waals surface area contributed by atoms with E-state index in [1.165, 1.54) is 17.8 Å². The van der Waals surface area contributed by atoms with Gasteiger partial charge >= 0.3 is 0 Å². The Balaban J connectivity index is 1.65. The fraction of sp³-hybridized carbons (Fsp3) is 0.167. The molecule has 0 spiro atoms. The maximum atomic E-state index is 12.6. The first-order valence-corrected chi connectivity index (χ1v) is 12.2. The molecule has 10 heteroatoms. The number of nitrogens with zero attached hydrogens (tertiary/aromatic N) is 3. The van der Waals surface area contributed by atoms with E-state index in [2.05, 4.69) is 26.2 Å². The summed E-state index contributed by atoms with van der Waals surface area (Å²) in [4.78, 5) is 28.3. The van der Waals surface area contributed by atoms with E-state index in [1.807, 2.05) is 56.5 Å². The average Bonchev–Trinajstić information content (AvgIpc) is 3.23. The molecule has 2 aromatic carbocycles. The molecule has 4 rings (SSSR count). The van der Waals surface area contributed by atoms with Crippen LogP contribution in [-0.2, 0) is 4.79 Å². The van der Waals surface area contributed by atoms with Crippen molar-refractivity contribution in [2.24, 2.45) is 4.99 Å². The van der Waals surface area contributed by atoms with Crippen LogP contribution < -0.4 is 5.32 Å². The van der Waals surface area contributed by atoms with Crippen molar-refractivity contribution in [2.45, 2.75) is 27.7 Å². The van der Waals surface area contributed by atoms with E-state index < -0.39 is 4.92 Å². The van der Waals surface area contributed by atoms with Gasteiger partial charge in [-0.25, -0.2) is 4.99 Å². The fourth-order valence-electron chi connectivity index (χ4n) is 3.84. The predicted molar refractivity (Wildman–Crippen MR) is 141 cm³/mol. The van der Waals surface area contributed by atoms with Gasteiger partial charge < -0.3 is 9.88 Å². The van der Waals surface area contributed by atoms with Crippen molar-refractivity contribution in [3.63, 3.8) is 0 Å². The summed E-state index contributed by atoms with van der Waals surface area (Å²) >= 11 is 11.0. The second-order valence-electron chi connectivity index (χ2n) is 7.93. The molecule has 0 aliphatic carbocycles. The molecule has 1 N–H and O–H groups in total. The normalized spacial score (nSPS) is 15.9. The Morgan fingerprint density at radius 1 is 1.15 bits per heavy atom. The third-order valence-electron chi connectivity index (χ3n) is 5.45. The van der Waals surface area contributed by atoms with Gasteiger partial charge in [0, 0.05) is 27.6 Å². The van der Waals surface area contributed by atoms with Gasteiger partial charge in [-0.3, -0.25) is 14.9 Å². The van der Waals surface area contributed by atoms with Crippen LogP contribution >= 0.6 is 39.3 Å². The molecule has 1 aromatic heterocycles. The van der Waals surface area contributed by atoms with Gasteiger partial charge in [-0.15, -0.1) is 0 Å². The average molecular weight is 560 g/mol. The van der Waals surface area contributed by atoms with Crippen LogP contribution in [0.15, 0.2) is 50.8 Å². The first-order chi connectivity index (χ1) is 16.0. The lowest BCUT2D eigenvalue weighted by atomic mass is 10.1. The van der Waals surface area contributed by atoms with Gasteiger partial charge in [0.25, 0.3) is 11.6 Å². The van der Waals surface area contributed by atoms with Crippen molar-refractivity contribution in [3.8, 4) is 5.69 Å². The van der Waals surface area contributed by atoms with Crippen molar-refractivity contribution < 1.29 is 9.72 Å². The predicted octanol–water partition coefficient (Wildman–Crippen LogP) is 6.93. The molecule has 1 amide bonds. The van der Waals surface area contributed by atoms with E-state index in [1.54, 1.807) is 12.1 Å². The highest BCUT2D eigenvalue weighted by Gasteiger charge is 2.25. The Bertz CT molecular complexity index is 1400. The highest BCUT2D eigenvalue weighted by molar-refractivity contribution is 9.10. The summed E-state index contributed by atoms with van der Waals surface area (Å²) in [5, 5.41) is 14.5. The minimum atomic E-state index is -0.511. The molecule has 0 radical (unpaired) electrons. The molecule has 1 aliphatic heterocycles. The lowest BCUT2D eigenvalue weighted by Gasteiger charge is -2.10. The number of carbonyl (C=O) groups is 1. The lowest BCUT2D eigenvalue weighted by Crippen LogP contribution is -2.19. The summed E-state index contributed by atoms with van der Waals surface area (Å²) in [6.45, 7) is 7.85. The van der Waals surface area contributed by atoms with Crippen molar-refractivity contribution in [3.05, 3.63) is 89.0 Å². The number of aliphatic imine (C=N–C) groups is 1. The Morgan fingerprint density at radius 3 is 2.44 bits per heavy atom. The smallest absolute Gasteiger partial charge is 0.288 e. The summed E-state index contributed by atoms with van der Waals surface area (Å²) < 4.78 is 2.99. The fourth-order valence-corrected chi connectivity index (χ4v) is 5.15. The zero-order valence-corrected chi connectivity index (χ0v) is 21.9. The van der Waals surface area contributed by atoms with Crippen molar-refractivity contribution in [2.75, 3.05) is 0 Å². The molecule has 2 heterocycles. The molecule has 0 atom stereocenters. The van der Waals surface area contributed by atoms with E-state index in [9.17, 15) is 14.9 Å². The number of nitro groups is 1. The van der Waals surface area contributed by atoms with E-state index in [-0.39, 0.29) is 16.6 Å². The van der Waals surface area contributed by atoms with E-state index in [4.69, 9.17) is 11.6 Å². The maximum Gasteiger partial charge on any atom is 0.288 e. The monoisotopic (exact) mass is 558 g/mol. The molecule has 7 nitrogen and oxygen atoms in total. The van der Waals surface area contributed by atoms with Crippen molar-refractivity contribution in [1.82, 2.24) is 9.88 Å². The standard InChI is InChI=1S/C24H20BrClN4O3S/c1-12-7-17(8-13(2)22(12)25)27-24-28-23(31)21(34-24)10-16-9-14(3)29(15(16)4)18-5-6-20(30(32)33)19(26)11-18/h5-11H,1-4H3,(H,27,28,31)/b21-10-. The number of nitrogens with one attached hydrogen (secondary N) is 1. The Hall–Kier alpha value is -2.88. The minimum Gasteiger partial charge on any atom is -0.318 e. The van der Waals surface area contributed by atoms with Crippen LogP contribution in [0.2, 0.25) is 5.02 Å². The third-order valence-corrected chi connectivity index (χ3v) is 7.91. The molecule has 0 unspecified atom stereocenters. The zero-order chi connectivity index (χ0) is 24.7. The van der Waals surface area contributed by atoms with Crippen LogP contribution in [0.3, 0.4) is 0 Å². The summed E-state index contributed by atoms with van der Waals surface area (Å²) in [5.74, 6) is -0.211. The van der Waals surface area contributed by atoms with Crippen LogP contribution in [-0.4, -0.2) is 20.6 Å². The summed E-state index contributed by atoms with van der Waals surface area (Å²) in [6, 6.07) is 10.5. The Kier molecular flexibility index (Phi) is 6.71. The molecule has 174 valence electrons. The molecule has 34 heavy (non-hydrogen) atoms. The minimum absolute atomic E-state index is 0.0694. The van der Waals surface area contributed by atoms with Gasteiger partial charge in [-0.2, -0.15) is 0 Å². The first-order valence-electron chi connectivity index (χ1n) is 10.2. The molecule has 3 aromatic rings.